The Morgan fingerprint density at radius 3 is 1.71 bits per heavy atom. The van der Waals surface area contributed by atoms with E-state index in [0.29, 0.717) is 0 Å². The fourth-order valence-electron chi connectivity index (χ4n) is 0.223. The van der Waals surface area contributed by atoms with Crippen LogP contribution in [0.5, 0.6) is 0 Å². The van der Waals surface area contributed by atoms with Crippen LogP contribution in [-0.2, 0) is 17.2 Å². The van der Waals surface area contributed by atoms with E-state index in [9.17, 15) is 38.1 Å². The summed E-state index contributed by atoms with van der Waals surface area (Å²) in [5, 5.41) is 10.2. The number of halogens is 5. The van der Waals surface area contributed by atoms with Gasteiger partial charge in [0.05, 0.1) is 0 Å². The molecule has 13 heteroatoms. The van der Waals surface area contributed by atoms with Crippen LogP contribution < -0.4 is 20.4 Å². The predicted molar refractivity (Wildman–Crippen MR) is 30.2 cm³/mol. The van der Waals surface area contributed by atoms with Gasteiger partial charge >= 0.3 is 85.1 Å². The van der Waals surface area contributed by atoms with E-state index in [-0.39, 0.29) is 0 Å². The van der Waals surface area contributed by atoms with Crippen LogP contribution in [0.2, 0.25) is 0 Å². The Morgan fingerprint density at radius 2 is 1.50 bits per heavy atom. The molecule has 0 rings (SSSR count). The van der Waals surface area contributed by atoms with E-state index < -0.39 is 47.0 Å². The number of hydrogen-bond donors (Lipinski definition) is 0. The Bertz CT molecular complexity index is 396. The molecule has 14 heavy (non-hydrogen) atoms. The molecule has 6 nitrogen and oxygen atoms in total. The zero-order valence-electron chi connectivity index (χ0n) is 5.69. The topological polar surface area (TPSA) is 94.6 Å². The van der Waals surface area contributed by atoms with Gasteiger partial charge in [-0.3, -0.25) is 0 Å². The molecule has 0 fully saturated rings. The van der Waals surface area contributed by atoms with Gasteiger partial charge in [0.25, 0.3) is 0 Å². The molecule has 0 aliphatic carbocycles. The summed E-state index contributed by atoms with van der Waals surface area (Å²) < 4.78 is 84.6. The fourth-order valence-corrected chi connectivity index (χ4v) is 4.32. The maximum atomic E-state index is 11.6. The molecule has 0 saturated heterocycles. The van der Waals surface area contributed by atoms with Gasteiger partial charge in [0.15, 0.2) is 0 Å². The second-order valence-electron chi connectivity index (χ2n) is 1.61. The quantitative estimate of drug-likeness (QED) is 0.226. The first kappa shape index (κ1) is 14.3. The van der Waals surface area contributed by atoms with Crippen LogP contribution in [0.15, 0.2) is 0 Å². The van der Waals surface area contributed by atoms with Gasteiger partial charge in [-0.05, 0) is 0 Å². The summed E-state index contributed by atoms with van der Waals surface area (Å²) in [5.41, 5.74) is -6.07. The number of alkyl halides is 3. The molecule has 0 saturated carbocycles. The van der Waals surface area contributed by atoms with Gasteiger partial charge in [-0.25, -0.2) is 0 Å². The van der Waals surface area contributed by atoms with Gasteiger partial charge in [-0.2, -0.15) is 0 Å². The van der Waals surface area contributed by atoms with Crippen molar-refractivity contribution in [2.24, 2.45) is 0 Å². The van der Waals surface area contributed by atoms with Gasteiger partial charge in [0.1, 0.15) is 0 Å². The van der Waals surface area contributed by atoms with Gasteiger partial charge < -0.3 is 0 Å². The molecule has 0 unspecified atom stereocenters. The molecular weight excluding hydrogens is 373 g/mol. The van der Waals surface area contributed by atoms with Crippen LogP contribution in [0, 0.1) is 5.21 Å². The summed E-state index contributed by atoms with van der Waals surface area (Å²) in [6.45, 7) is 0. The molecule has 0 radical (unpaired) electrons. The third kappa shape index (κ3) is 2.65. The second-order valence-corrected chi connectivity index (χ2v) is 9.20. The number of rotatable bonds is 3. The molecule has 0 aromatic carbocycles. The molecule has 0 N–H and O–H groups in total. The van der Waals surface area contributed by atoms with Crippen LogP contribution in [0.1, 0.15) is 0 Å². The first-order valence-electron chi connectivity index (χ1n) is 2.28. The molecule has 0 aromatic rings. The van der Waals surface area contributed by atoms with Crippen LogP contribution >= 0.6 is 0 Å². The van der Waals surface area contributed by atoms with Crippen molar-refractivity contribution in [2.45, 2.75) is 5.51 Å². The van der Waals surface area contributed by atoms with E-state index in [1.807, 2.05) is 0 Å². The van der Waals surface area contributed by atoms with E-state index in [0.717, 1.165) is 0 Å². The SMILES string of the molecule is O=S(=O)([I-]F)N([O-])S(=O)(=O)C(F)(F)F. The Labute approximate surface area is 85.0 Å². The van der Waals surface area contributed by atoms with Gasteiger partial charge in [0.2, 0.25) is 0 Å². The Hall–Kier alpha value is 0.270. The first-order chi connectivity index (χ1) is 5.97. The average molecular weight is 373 g/mol. The van der Waals surface area contributed by atoms with Crippen molar-refractivity contribution in [1.29, 1.82) is 0 Å². The number of sulfonamides is 1. The van der Waals surface area contributed by atoms with Crippen LogP contribution in [0.25, 0.3) is 0 Å². The molecule has 0 bridgehead atoms. The zero-order chi connectivity index (χ0) is 11.8. The van der Waals surface area contributed by atoms with E-state index in [2.05, 4.69) is 0 Å². The monoisotopic (exact) mass is 373 g/mol. The van der Waals surface area contributed by atoms with Gasteiger partial charge in [0, 0.05) is 0 Å². The zero-order valence-corrected chi connectivity index (χ0v) is 9.49. The van der Waals surface area contributed by atoms with E-state index in [1.54, 1.807) is 0 Å². The third-order valence-corrected chi connectivity index (χ3v) is 6.54. The maximum absolute atomic E-state index is 11.6. The molecule has 0 aromatic heterocycles. The van der Waals surface area contributed by atoms with E-state index in [4.69, 9.17) is 0 Å². The van der Waals surface area contributed by atoms with Crippen LogP contribution in [-0.4, -0.2) is 26.2 Å². The summed E-state index contributed by atoms with van der Waals surface area (Å²) in [7, 11) is -12.1. The minimum atomic E-state index is -6.57. The van der Waals surface area contributed by atoms with Crippen LogP contribution in [0.3, 0.4) is 0 Å². The Balaban J connectivity index is 5.39. The summed E-state index contributed by atoms with van der Waals surface area (Å²) in [4.78, 5) is 0. The summed E-state index contributed by atoms with van der Waals surface area (Å²) in [6, 6.07) is 0. The Morgan fingerprint density at radius 1 is 1.14 bits per heavy atom. The average Bonchev–Trinajstić information content (AvgIpc) is 2.01. The van der Waals surface area contributed by atoms with Crippen molar-refractivity contribution in [3.63, 3.8) is 0 Å². The fraction of sp³-hybridized carbons (Fsp3) is 1.00. The molecular formula is CF4INO5S2-2. The second kappa shape index (κ2) is 4.03. The van der Waals surface area contributed by atoms with Crippen molar-refractivity contribution in [3.05, 3.63) is 5.21 Å². The molecule has 0 spiro atoms. The molecule has 0 aliphatic heterocycles. The first-order valence-corrected chi connectivity index (χ1v) is 8.52. The van der Waals surface area contributed by atoms with Crippen molar-refractivity contribution in [3.8, 4) is 0 Å². The van der Waals surface area contributed by atoms with Crippen molar-refractivity contribution in [2.75, 3.05) is 0 Å². The van der Waals surface area contributed by atoms with Gasteiger partial charge in [-0.15, -0.1) is 0 Å². The molecule has 88 valence electrons. The molecule has 0 atom stereocenters. The van der Waals surface area contributed by atoms with Crippen LogP contribution in [0.4, 0.5) is 16.0 Å². The summed E-state index contributed by atoms with van der Waals surface area (Å²) in [5.74, 6) is 0. The summed E-state index contributed by atoms with van der Waals surface area (Å²) in [6.07, 6.45) is 0. The standard InChI is InChI=1S/CF4INO5S2/c2-1(3,4)13(9,10)7(8)14(11,12)6-5/q-2. The van der Waals surface area contributed by atoms with E-state index >= 15 is 0 Å². The van der Waals surface area contributed by atoms with Gasteiger partial charge in [-0.1, -0.05) is 0 Å². The molecule has 0 heterocycles. The molecule has 0 amide bonds. The molecule has 0 aliphatic rings. The number of hydrogen-bond acceptors (Lipinski definition) is 5. The third-order valence-electron chi connectivity index (χ3n) is 0.741. The normalized spacial score (nSPS) is 15.0. The van der Waals surface area contributed by atoms with Crippen molar-refractivity contribution < 1.29 is 53.3 Å². The Kier molecular flexibility index (Phi) is 4.11. The number of nitrogens with zero attached hydrogens (tertiary/aromatic N) is 1. The predicted octanol–water partition coefficient (Wildman–Crippen LogP) is -3.15. The van der Waals surface area contributed by atoms with Crippen molar-refractivity contribution >= 4 is 17.2 Å². The van der Waals surface area contributed by atoms with E-state index in [1.165, 1.54) is 0 Å². The summed E-state index contributed by atoms with van der Waals surface area (Å²) >= 11 is -3.49. The van der Waals surface area contributed by atoms with Crippen molar-refractivity contribution in [1.82, 2.24) is 3.87 Å². The minimum absolute atomic E-state index is 2.24.